The number of amides is 1. The molecule has 3 aliphatic rings. The van der Waals surface area contributed by atoms with E-state index in [1.54, 1.807) is 0 Å². The average molecular weight is 168 g/mol. The maximum Gasteiger partial charge on any atom is 0.237 e. The Morgan fingerprint density at radius 1 is 1.25 bits per heavy atom. The molecule has 3 N–H and O–H groups in total. The lowest BCUT2D eigenvalue weighted by Gasteiger charge is -2.41. The van der Waals surface area contributed by atoms with Crippen LogP contribution in [0.25, 0.3) is 0 Å². The van der Waals surface area contributed by atoms with Gasteiger partial charge < -0.3 is 0 Å². The summed E-state index contributed by atoms with van der Waals surface area (Å²) in [5, 5.41) is 0. The lowest BCUT2D eigenvalue weighted by Crippen LogP contribution is -2.44. The molecule has 0 aliphatic heterocycles. The van der Waals surface area contributed by atoms with Crippen LogP contribution < -0.4 is 11.3 Å². The molecule has 0 saturated heterocycles. The van der Waals surface area contributed by atoms with Gasteiger partial charge in [0.2, 0.25) is 5.91 Å². The van der Waals surface area contributed by atoms with E-state index in [2.05, 4.69) is 5.43 Å². The Morgan fingerprint density at radius 2 is 1.92 bits per heavy atom. The SMILES string of the molecule is NNC(=O)C1CC2CCC1CC2. The molecule has 1 unspecified atom stereocenters. The molecule has 0 radical (unpaired) electrons. The molecule has 2 bridgehead atoms. The summed E-state index contributed by atoms with van der Waals surface area (Å²) in [6.45, 7) is 0. The van der Waals surface area contributed by atoms with Crippen molar-refractivity contribution in [3.8, 4) is 0 Å². The largest absolute Gasteiger partial charge is 0.294 e. The van der Waals surface area contributed by atoms with Crippen LogP contribution in [-0.2, 0) is 4.79 Å². The minimum Gasteiger partial charge on any atom is -0.294 e. The summed E-state index contributed by atoms with van der Waals surface area (Å²) >= 11 is 0. The summed E-state index contributed by atoms with van der Waals surface area (Å²) in [6.07, 6.45) is 6.22. The molecule has 1 atom stereocenters. The van der Waals surface area contributed by atoms with Crippen LogP contribution in [0.5, 0.6) is 0 Å². The molecule has 3 nitrogen and oxygen atoms in total. The van der Waals surface area contributed by atoms with Crippen LogP contribution >= 0.6 is 0 Å². The third-order valence-electron chi connectivity index (χ3n) is 3.53. The fourth-order valence-electron chi connectivity index (χ4n) is 2.81. The van der Waals surface area contributed by atoms with Crippen LogP contribution in [0.1, 0.15) is 32.1 Å². The Morgan fingerprint density at radius 3 is 2.33 bits per heavy atom. The van der Waals surface area contributed by atoms with Crippen molar-refractivity contribution in [1.82, 2.24) is 5.43 Å². The number of hydrogen-bond donors (Lipinski definition) is 2. The molecule has 0 heterocycles. The topological polar surface area (TPSA) is 55.1 Å². The normalized spacial score (nSPS) is 39.6. The molecule has 0 spiro atoms. The van der Waals surface area contributed by atoms with E-state index in [0.717, 1.165) is 12.3 Å². The van der Waals surface area contributed by atoms with Crippen LogP contribution in [0.2, 0.25) is 0 Å². The number of nitrogens with two attached hydrogens (primary N) is 1. The van der Waals surface area contributed by atoms with Crippen molar-refractivity contribution in [3.05, 3.63) is 0 Å². The molecule has 3 aliphatic carbocycles. The Bertz CT molecular complexity index is 185. The van der Waals surface area contributed by atoms with Crippen molar-refractivity contribution in [1.29, 1.82) is 0 Å². The summed E-state index contributed by atoms with van der Waals surface area (Å²) in [5.41, 5.74) is 2.28. The maximum absolute atomic E-state index is 11.3. The van der Waals surface area contributed by atoms with Crippen molar-refractivity contribution in [2.75, 3.05) is 0 Å². The van der Waals surface area contributed by atoms with Crippen LogP contribution in [-0.4, -0.2) is 5.91 Å². The molecular formula is C9H16N2O. The summed E-state index contributed by atoms with van der Waals surface area (Å²) in [5.74, 6) is 6.85. The molecule has 0 aromatic rings. The van der Waals surface area contributed by atoms with E-state index < -0.39 is 0 Å². The molecule has 1 amide bonds. The van der Waals surface area contributed by atoms with Gasteiger partial charge in [0, 0.05) is 5.92 Å². The standard InChI is InChI=1S/C9H16N2O/c10-11-9(12)8-5-6-1-3-7(8)4-2-6/h6-8H,1-5,10H2,(H,11,12). The number of hydrazine groups is 1. The van der Waals surface area contributed by atoms with Crippen molar-refractivity contribution in [2.24, 2.45) is 23.6 Å². The summed E-state index contributed by atoms with van der Waals surface area (Å²) in [7, 11) is 0. The van der Waals surface area contributed by atoms with Gasteiger partial charge in [-0.1, -0.05) is 12.8 Å². The fourth-order valence-corrected chi connectivity index (χ4v) is 2.81. The van der Waals surface area contributed by atoms with Crippen molar-refractivity contribution >= 4 is 5.91 Å². The quantitative estimate of drug-likeness (QED) is 0.346. The zero-order valence-electron chi connectivity index (χ0n) is 7.25. The van der Waals surface area contributed by atoms with E-state index >= 15 is 0 Å². The molecule has 3 saturated carbocycles. The second-order valence-corrected chi connectivity index (χ2v) is 4.13. The summed E-state index contributed by atoms with van der Waals surface area (Å²) in [6, 6.07) is 0. The first-order valence-corrected chi connectivity index (χ1v) is 4.81. The lowest BCUT2D eigenvalue weighted by molar-refractivity contribution is -0.130. The Kier molecular flexibility index (Phi) is 2.05. The Hall–Kier alpha value is -0.570. The van der Waals surface area contributed by atoms with Crippen molar-refractivity contribution in [2.45, 2.75) is 32.1 Å². The van der Waals surface area contributed by atoms with E-state index in [4.69, 9.17) is 5.84 Å². The summed E-state index contributed by atoms with van der Waals surface area (Å²) in [4.78, 5) is 11.3. The van der Waals surface area contributed by atoms with Gasteiger partial charge in [-0.2, -0.15) is 0 Å². The zero-order valence-corrected chi connectivity index (χ0v) is 7.25. The molecule has 3 rings (SSSR count). The third kappa shape index (κ3) is 1.22. The predicted octanol–water partition coefficient (Wildman–Crippen LogP) is 0.803. The van der Waals surface area contributed by atoms with Gasteiger partial charge in [0.1, 0.15) is 0 Å². The van der Waals surface area contributed by atoms with Gasteiger partial charge in [-0.15, -0.1) is 0 Å². The van der Waals surface area contributed by atoms with Gasteiger partial charge >= 0.3 is 0 Å². The number of carbonyl (C=O) groups excluding carboxylic acids is 1. The smallest absolute Gasteiger partial charge is 0.237 e. The number of hydrogen-bond acceptors (Lipinski definition) is 2. The lowest BCUT2D eigenvalue weighted by atomic mass is 9.64. The van der Waals surface area contributed by atoms with Gasteiger partial charge in [-0.05, 0) is 31.1 Å². The highest BCUT2D eigenvalue weighted by Crippen LogP contribution is 2.44. The van der Waals surface area contributed by atoms with Crippen molar-refractivity contribution < 1.29 is 4.79 Å². The number of nitrogens with one attached hydrogen (secondary N) is 1. The second-order valence-electron chi connectivity index (χ2n) is 4.13. The Balaban J connectivity index is 2.03. The molecule has 68 valence electrons. The Labute approximate surface area is 72.7 Å². The first-order valence-electron chi connectivity index (χ1n) is 4.81. The highest BCUT2D eigenvalue weighted by atomic mass is 16.2. The van der Waals surface area contributed by atoms with Gasteiger partial charge in [0.15, 0.2) is 0 Å². The van der Waals surface area contributed by atoms with Gasteiger partial charge in [-0.25, -0.2) is 5.84 Å². The fraction of sp³-hybridized carbons (Fsp3) is 0.889. The molecule has 3 heteroatoms. The van der Waals surface area contributed by atoms with Crippen molar-refractivity contribution in [3.63, 3.8) is 0 Å². The minimum atomic E-state index is 0.0596. The van der Waals surface area contributed by atoms with Crippen LogP contribution in [0.15, 0.2) is 0 Å². The second kappa shape index (κ2) is 3.05. The summed E-state index contributed by atoms with van der Waals surface area (Å²) < 4.78 is 0. The van der Waals surface area contributed by atoms with E-state index in [-0.39, 0.29) is 11.8 Å². The molecule has 0 aromatic heterocycles. The molecule has 12 heavy (non-hydrogen) atoms. The number of fused-ring (bicyclic) bond motifs is 3. The number of rotatable bonds is 1. The van der Waals surface area contributed by atoms with Crippen LogP contribution in [0.4, 0.5) is 0 Å². The van der Waals surface area contributed by atoms with E-state index in [1.165, 1.54) is 25.7 Å². The first-order chi connectivity index (χ1) is 5.81. The minimum absolute atomic E-state index is 0.0596. The molecular weight excluding hydrogens is 152 g/mol. The van der Waals surface area contributed by atoms with E-state index in [1.807, 2.05) is 0 Å². The van der Waals surface area contributed by atoms with E-state index in [0.29, 0.717) is 5.92 Å². The highest BCUT2D eigenvalue weighted by Gasteiger charge is 2.38. The third-order valence-corrected chi connectivity index (χ3v) is 3.53. The van der Waals surface area contributed by atoms with Gasteiger partial charge in [0.05, 0.1) is 0 Å². The van der Waals surface area contributed by atoms with E-state index in [9.17, 15) is 4.79 Å². The zero-order chi connectivity index (χ0) is 8.55. The molecule has 0 aromatic carbocycles. The first kappa shape index (κ1) is 8.05. The van der Waals surface area contributed by atoms with Gasteiger partial charge in [-0.3, -0.25) is 10.2 Å². The monoisotopic (exact) mass is 168 g/mol. The highest BCUT2D eigenvalue weighted by molar-refractivity contribution is 5.78. The number of carbonyl (C=O) groups is 1. The predicted molar refractivity (Wildman–Crippen MR) is 45.9 cm³/mol. The maximum atomic E-state index is 11.3. The van der Waals surface area contributed by atoms with Crippen LogP contribution in [0, 0.1) is 17.8 Å². The van der Waals surface area contributed by atoms with Gasteiger partial charge in [0.25, 0.3) is 0 Å². The van der Waals surface area contributed by atoms with Crippen LogP contribution in [0.3, 0.4) is 0 Å². The average Bonchev–Trinajstić information content (AvgIpc) is 2.18. The molecule has 3 fully saturated rings.